The highest BCUT2D eigenvalue weighted by Gasteiger charge is 2.04. The first-order valence-corrected chi connectivity index (χ1v) is 7.12. The van der Waals surface area contributed by atoms with Crippen LogP contribution in [0.1, 0.15) is 30.5 Å². The van der Waals surface area contributed by atoms with E-state index >= 15 is 0 Å². The van der Waals surface area contributed by atoms with Crippen LogP contribution in [0.25, 0.3) is 0 Å². The van der Waals surface area contributed by atoms with E-state index in [1.54, 1.807) is 12.1 Å². The van der Waals surface area contributed by atoms with E-state index in [1.807, 2.05) is 16.8 Å². The standard InChI is InChI=1S/C17H20FN3/c1-13(2)9-20-10-15-5-6-21(12-15)11-14-3-4-17(18)16(7-14)8-19/h3-7,12-13,20H,9-11H2,1-2H3. The Kier molecular flexibility index (Phi) is 5.13. The van der Waals surface area contributed by atoms with Crippen LogP contribution in [0.3, 0.4) is 0 Å². The van der Waals surface area contributed by atoms with Gasteiger partial charge in [0.2, 0.25) is 0 Å². The number of benzene rings is 1. The quantitative estimate of drug-likeness (QED) is 0.884. The highest BCUT2D eigenvalue weighted by atomic mass is 19.1. The van der Waals surface area contributed by atoms with Gasteiger partial charge in [-0.2, -0.15) is 5.26 Å². The lowest BCUT2D eigenvalue weighted by atomic mass is 10.1. The minimum absolute atomic E-state index is 0.0958. The molecule has 0 saturated carbocycles. The third kappa shape index (κ3) is 4.44. The van der Waals surface area contributed by atoms with Gasteiger partial charge in [0.15, 0.2) is 0 Å². The molecule has 3 nitrogen and oxygen atoms in total. The predicted molar refractivity (Wildman–Crippen MR) is 81.2 cm³/mol. The molecule has 0 saturated heterocycles. The van der Waals surface area contributed by atoms with Crippen LogP contribution in [0, 0.1) is 23.1 Å². The van der Waals surface area contributed by atoms with Gasteiger partial charge in [-0.1, -0.05) is 19.9 Å². The number of halogens is 1. The van der Waals surface area contributed by atoms with Crippen molar-refractivity contribution in [2.45, 2.75) is 26.9 Å². The van der Waals surface area contributed by atoms with Crippen LogP contribution in [-0.4, -0.2) is 11.1 Å². The van der Waals surface area contributed by atoms with E-state index in [-0.39, 0.29) is 5.56 Å². The number of hydrogen-bond donors (Lipinski definition) is 1. The molecule has 1 N–H and O–H groups in total. The van der Waals surface area contributed by atoms with Gasteiger partial charge in [-0.05, 0) is 41.8 Å². The largest absolute Gasteiger partial charge is 0.350 e. The monoisotopic (exact) mass is 285 g/mol. The first-order valence-electron chi connectivity index (χ1n) is 7.12. The number of rotatable bonds is 6. The molecule has 0 spiro atoms. The van der Waals surface area contributed by atoms with Crippen molar-refractivity contribution in [3.8, 4) is 6.07 Å². The fourth-order valence-electron chi connectivity index (χ4n) is 2.17. The zero-order valence-corrected chi connectivity index (χ0v) is 12.4. The molecular weight excluding hydrogens is 265 g/mol. The second-order valence-electron chi connectivity index (χ2n) is 5.64. The van der Waals surface area contributed by atoms with Crippen LogP contribution >= 0.6 is 0 Å². The summed E-state index contributed by atoms with van der Waals surface area (Å²) < 4.78 is 15.3. The molecular formula is C17H20FN3. The van der Waals surface area contributed by atoms with E-state index in [0.29, 0.717) is 12.5 Å². The first-order chi connectivity index (χ1) is 10.1. The van der Waals surface area contributed by atoms with Gasteiger partial charge in [0.1, 0.15) is 11.9 Å². The van der Waals surface area contributed by atoms with Gasteiger partial charge in [-0.3, -0.25) is 0 Å². The summed E-state index contributed by atoms with van der Waals surface area (Å²) in [7, 11) is 0. The molecule has 0 amide bonds. The average molecular weight is 285 g/mol. The van der Waals surface area contributed by atoms with Crippen molar-refractivity contribution >= 4 is 0 Å². The molecule has 0 aliphatic rings. The third-order valence-electron chi connectivity index (χ3n) is 3.21. The smallest absolute Gasteiger partial charge is 0.140 e. The zero-order chi connectivity index (χ0) is 15.2. The van der Waals surface area contributed by atoms with Crippen LogP contribution < -0.4 is 5.32 Å². The van der Waals surface area contributed by atoms with Crippen molar-refractivity contribution in [2.24, 2.45) is 5.92 Å². The molecule has 0 unspecified atom stereocenters. The SMILES string of the molecule is CC(C)CNCc1ccn(Cc2ccc(F)c(C#N)c2)c1. The molecule has 4 heteroatoms. The molecule has 1 aromatic carbocycles. The van der Waals surface area contributed by atoms with Crippen LogP contribution in [0.5, 0.6) is 0 Å². The number of hydrogen-bond acceptors (Lipinski definition) is 2. The molecule has 21 heavy (non-hydrogen) atoms. The summed E-state index contributed by atoms with van der Waals surface area (Å²) in [5.41, 5.74) is 2.24. The second kappa shape index (κ2) is 7.05. The number of aromatic nitrogens is 1. The molecule has 0 bridgehead atoms. The van der Waals surface area contributed by atoms with Gasteiger partial charge in [-0.15, -0.1) is 0 Å². The van der Waals surface area contributed by atoms with Crippen LogP contribution in [0.15, 0.2) is 36.7 Å². The number of nitriles is 1. The van der Waals surface area contributed by atoms with Crippen molar-refractivity contribution in [1.82, 2.24) is 9.88 Å². The molecule has 2 rings (SSSR count). The van der Waals surface area contributed by atoms with Crippen LogP contribution in [0.2, 0.25) is 0 Å². The Labute approximate surface area is 125 Å². The molecule has 1 aromatic heterocycles. The number of nitrogens with zero attached hydrogens (tertiary/aromatic N) is 2. The lowest BCUT2D eigenvalue weighted by molar-refractivity contribution is 0.552. The van der Waals surface area contributed by atoms with Gasteiger partial charge < -0.3 is 9.88 Å². The summed E-state index contributed by atoms with van der Waals surface area (Å²) in [4.78, 5) is 0. The van der Waals surface area contributed by atoms with Gasteiger partial charge in [-0.25, -0.2) is 4.39 Å². The van der Waals surface area contributed by atoms with Gasteiger partial charge in [0.05, 0.1) is 5.56 Å². The maximum atomic E-state index is 13.3. The Morgan fingerprint density at radius 2 is 2.10 bits per heavy atom. The first kappa shape index (κ1) is 15.3. The van der Waals surface area contributed by atoms with E-state index < -0.39 is 5.82 Å². The predicted octanol–water partition coefficient (Wildman–Crippen LogP) is 3.29. The maximum Gasteiger partial charge on any atom is 0.140 e. The van der Waals surface area contributed by atoms with Crippen LogP contribution in [0.4, 0.5) is 4.39 Å². The van der Waals surface area contributed by atoms with Gasteiger partial charge in [0.25, 0.3) is 0 Å². The third-order valence-corrected chi connectivity index (χ3v) is 3.21. The Balaban J connectivity index is 1.98. The lowest BCUT2D eigenvalue weighted by Gasteiger charge is -2.06. The van der Waals surface area contributed by atoms with E-state index in [1.165, 1.54) is 11.6 Å². The maximum absolute atomic E-state index is 13.3. The topological polar surface area (TPSA) is 40.8 Å². The molecule has 0 atom stereocenters. The average Bonchev–Trinajstić information content (AvgIpc) is 2.88. The summed E-state index contributed by atoms with van der Waals surface area (Å²) in [6.07, 6.45) is 4.07. The summed E-state index contributed by atoms with van der Waals surface area (Å²) in [6.45, 7) is 6.84. The van der Waals surface area contributed by atoms with Gasteiger partial charge in [0, 0.05) is 25.5 Å². The summed E-state index contributed by atoms with van der Waals surface area (Å²) >= 11 is 0. The zero-order valence-electron chi connectivity index (χ0n) is 12.4. The summed E-state index contributed by atoms with van der Waals surface area (Å²) in [5, 5.41) is 12.2. The molecule has 0 aliphatic heterocycles. The molecule has 0 aliphatic carbocycles. The van der Waals surface area contributed by atoms with Crippen molar-refractivity contribution in [1.29, 1.82) is 5.26 Å². The molecule has 1 heterocycles. The minimum atomic E-state index is -0.465. The minimum Gasteiger partial charge on any atom is -0.350 e. The fraction of sp³-hybridized carbons (Fsp3) is 0.353. The van der Waals surface area contributed by atoms with Crippen molar-refractivity contribution in [3.63, 3.8) is 0 Å². The van der Waals surface area contributed by atoms with Gasteiger partial charge >= 0.3 is 0 Å². The summed E-state index contributed by atoms with van der Waals surface area (Å²) in [5.74, 6) is 0.169. The molecule has 2 aromatic rings. The Hall–Kier alpha value is -2.12. The normalized spacial score (nSPS) is 10.8. The number of nitrogens with one attached hydrogen (secondary N) is 1. The van der Waals surface area contributed by atoms with E-state index in [4.69, 9.17) is 5.26 Å². The lowest BCUT2D eigenvalue weighted by Crippen LogP contribution is -2.18. The Bertz CT molecular complexity index is 638. The highest BCUT2D eigenvalue weighted by Crippen LogP contribution is 2.12. The molecule has 110 valence electrons. The second-order valence-corrected chi connectivity index (χ2v) is 5.64. The Morgan fingerprint density at radius 3 is 2.81 bits per heavy atom. The highest BCUT2D eigenvalue weighted by molar-refractivity contribution is 5.34. The van der Waals surface area contributed by atoms with Crippen molar-refractivity contribution in [3.05, 3.63) is 59.2 Å². The summed E-state index contributed by atoms with van der Waals surface area (Å²) in [6, 6.07) is 8.61. The Morgan fingerprint density at radius 1 is 1.29 bits per heavy atom. The van der Waals surface area contributed by atoms with Crippen molar-refractivity contribution in [2.75, 3.05) is 6.54 Å². The fourth-order valence-corrected chi connectivity index (χ4v) is 2.17. The van der Waals surface area contributed by atoms with Crippen molar-refractivity contribution < 1.29 is 4.39 Å². The van der Waals surface area contributed by atoms with E-state index in [0.717, 1.165) is 18.7 Å². The molecule has 0 fully saturated rings. The molecule has 0 radical (unpaired) electrons. The van der Waals surface area contributed by atoms with Crippen LogP contribution in [-0.2, 0) is 13.1 Å². The van der Waals surface area contributed by atoms with E-state index in [2.05, 4.69) is 31.4 Å². The van der Waals surface area contributed by atoms with E-state index in [9.17, 15) is 4.39 Å².